The second-order valence-corrected chi connectivity index (χ2v) is 1.92. The monoisotopic (exact) mass is 115 g/mol. The summed E-state index contributed by atoms with van der Waals surface area (Å²) in [6.07, 6.45) is 2.89. The predicted octanol–water partition coefficient (Wildman–Crippen LogP) is 0.120. The minimum absolute atomic E-state index is 0.265. The van der Waals surface area contributed by atoms with Gasteiger partial charge < -0.3 is 10.2 Å². The number of hydrogen-bond acceptors (Lipinski definition) is 2. The molecule has 47 valence electrons. The van der Waals surface area contributed by atoms with E-state index in [2.05, 4.69) is 6.92 Å². The zero-order valence-electron chi connectivity index (χ0n) is 4.96. The standard InChI is InChI=1S/C6H11O2/c1-3-4-6(2,8)5-7/h3-4,7-8H,1,5H2,2H3. The molecule has 0 bridgehead atoms. The van der Waals surface area contributed by atoms with Crippen LogP contribution in [-0.4, -0.2) is 22.4 Å². The molecule has 2 heteroatoms. The molecule has 1 radical (unpaired) electrons. The van der Waals surface area contributed by atoms with Gasteiger partial charge in [0.25, 0.3) is 0 Å². The Bertz CT molecular complexity index is 84.5. The highest BCUT2D eigenvalue weighted by Gasteiger charge is 2.12. The maximum Gasteiger partial charge on any atom is 0.103 e. The van der Waals surface area contributed by atoms with Crippen molar-refractivity contribution in [2.24, 2.45) is 0 Å². The van der Waals surface area contributed by atoms with Crippen molar-refractivity contribution in [3.8, 4) is 0 Å². The van der Waals surface area contributed by atoms with E-state index in [0.717, 1.165) is 0 Å². The van der Waals surface area contributed by atoms with Crippen LogP contribution >= 0.6 is 0 Å². The van der Waals surface area contributed by atoms with Gasteiger partial charge in [-0.05, 0) is 13.8 Å². The van der Waals surface area contributed by atoms with Gasteiger partial charge in [-0.3, -0.25) is 0 Å². The van der Waals surface area contributed by atoms with Gasteiger partial charge in [-0.2, -0.15) is 0 Å². The SMILES string of the molecule is [CH2]C=CC(C)(O)CO. The van der Waals surface area contributed by atoms with Gasteiger partial charge >= 0.3 is 0 Å². The van der Waals surface area contributed by atoms with Crippen LogP contribution in [0.15, 0.2) is 12.2 Å². The van der Waals surface area contributed by atoms with Crippen molar-refractivity contribution in [3.05, 3.63) is 19.1 Å². The fraction of sp³-hybridized carbons (Fsp3) is 0.500. The van der Waals surface area contributed by atoms with Crippen LogP contribution in [0.25, 0.3) is 0 Å². The van der Waals surface area contributed by atoms with Crippen LogP contribution in [0.1, 0.15) is 6.92 Å². The van der Waals surface area contributed by atoms with E-state index in [0.29, 0.717) is 0 Å². The first-order valence-corrected chi connectivity index (χ1v) is 2.42. The van der Waals surface area contributed by atoms with Crippen LogP contribution < -0.4 is 0 Å². The number of rotatable bonds is 2. The molecule has 1 unspecified atom stereocenters. The normalized spacial score (nSPS) is 19.0. The summed E-state index contributed by atoms with van der Waals surface area (Å²) >= 11 is 0. The lowest BCUT2D eigenvalue weighted by molar-refractivity contribution is 0.0435. The summed E-state index contributed by atoms with van der Waals surface area (Å²) in [7, 11) is 0. The van der Waals surface area contributed by atoms with E-state index in [-0.39, 0.29) is 6.61 Å². The maximum absolute atomic E-state index is 8.95. The Labute approximate surface area is 49.5 Å². The van der Waals surface area contributed by atoms with Gasteiger partial charge in [-0.25, -0.2) is 0 Å². The van der Waals surface area contributed by atoms with E-state index < -0.39 is 5.60 Å². The Hall–Kier alpha value is -0.340. The van der Waals surface area contributed by atoms with Crippen LogP contribution in [0.5, 0.6) is 0 Å². The van der Waals surface area contributed by atoms with Crippen LogP contribution in [0.3, 0.4) is 0 Å². The fourth-order valence-corrected chi connectivity index (χ4v) is 0.307. The molecular weight excluding hydrogens is 104 g/mol. The summed E-state index contributed by atoms with van der Waals surface area (Å²) in [5.74, 6) is 0. The average Bonchev–Trinajstić information content (AvgIpc) is 1.67. The second kappa shape index (κ2) is 2.84. The number of aliphatic hydroxyl groups excluding tert-OH is 1. The lowest BCUT2D eigenvalue weighted by Gasteiger charge is -2.13. The predicted molar refractivity (Wildman–Crippen MR) is 32.2 cm³/mol. The molecule has 8 heavy (non-hydrogen) atoms. The molecule has 0 amide bonds. The quantitative estimate of drug-likeness (QED) is 0.536. The smallest absolute Gasteiger partial charge is 0.103 e. The average molecular weight is 115 g/mol. The van der Waals surface area contributed by atoms with Gasteiger partial charge in [0.1, 0.15) is 5.60 Å². The molecule has 2 N–H and O–H groups in total. The summed E-state index contributed by atoms with van der Waals surface area (Å²) in [6, 6.07) is 0. The molecule has 0 aliphatic heterocycles. The third-order valence-corrected chi connectivity index (χ3v) is 0.797. The Morgan fingerprint density at radius 2 is 2.25 bits per heavy atom. The van der Waals surface area contributed by atoms with Crippen LogP contribution in [0.2, 0.25) is 0 Å². The lowest BCUT2D eigenvalue weighted by atomic mass is 10.1. The topological polar surface area (TPSA) is 40.5 Å². The van der Waals surface area contributed by atoms with Crippen LogP contribution in [-0.2, 0) is 0 Å². The van der Waals surface area contributed by atoms with Crippen LogP contribution in [0.4, 0.5) is 0 Å². The van der Waals surface area contributed by atoms with Crippen molar-refractivity contribution in [2.45, 2.75) is 12.5 Å². The zero-order valence-corrected chi connectivity index (χ0v) is 4.96. The van der Waals surface area contributed by atoms with Crippen molar-refractivity contribution < 1.29 is 10.2 Å². The molecule has 0 aliphatic rings. The molecule has 0 aromatic carbocycles. The molecule has 0 fully saturated rings. The van der Waals surface area contributed by atoms with E-state index >= 15 is 0 Å². The highest BCUT2D eigenvalue weighted by molar-refractivity contribution is 4.98. The van der Waals surface area contributed by atoms with Crippen LogP contribution in [0, 0.1) is 6.92 Å². The van der Waals surface area contributed by atoms with E-state index in [1.165, 1.54) is 19.1 Å². The summed E-state index contributed by atoms with van der Waals surface area (Å²) in [5.41, 5.74) is -1.10. The second-order valence-electron chi connectivity index (χ2n) is 1.92. The first kappa shape index (κ1) is 7.66. The number of allylic oxidation sites excluding steroid dienone is 1. The molecular formula is C6H11O2. The minimum Gasteiger partial charge on any atom is -0.393 e. The summed E-state index contributed by atoms with van der Waals surface area (Å²) < 4.78 is 0. The number of aliphatic hydroxyl groups is 2. The van der Waals surface area contributed by atoms with Gasteiger partial charge in [0.15, 0.2) is 0 Å². The lowest BCUT2D eigenvalue weighted by Crippen LogP contribution is -2.25. The van der Waals surface area contributed by atoms with Crippen molar-refractivity contribution in [2.75, 3.05) is 6.61 Å². The molecule has 0 spiro atoms. The van der Waals surface area contributed by atoms with Crippen molar-refractivity contribution in [1.82, 2.24) is 0 Å². The summed E-state index contributed by atoms with van der Waals surface area (Å²) in [6.45, 7) is 4.61. The minimum atomic E-state index is -1.10. The molecule has 0 rings (SSSR count). The first-order chi connectivity index (χ1) is 3.62. The van der Waals surface area contributed by atoms with Gasteiger partial charge in [0.05, 0.1) is 6.61 Å². The Balaban J connectivity index is 3.71. The highest BCUT2D eigenvalue weighted by atomic mass is 16.3. The Morgan fingerprint density at radius 3 is 2.38 bits per heavy atom. The molecule has 0 saturated carbocycles. The third kappa shape index (κ3) is 2.77. The first-order valence-electron chi connectivity index (χ1n) is 2.42. The van der Waals surface area contributed by atoms with E-state index in [4.69, 9.17) is 10.2 Å². The molecule has 0 saturated heterocycles. The van der Waals surface area contributed by atoms with Crippen molar-refractivity contribution in [3.63, 3.8) is 0 Å². The largest absolute Gasteiger partial charge is 0.393 e. The number of hydrogen-bond donors (Lipinski definition) is 2. The van der Waals surface area contributed by atoms with Gasteiger partial charge in [-0.15, -0.1) is 0 Å². The molecule has 2 nitrogen and oxygen atoms in total. The zero-order chi connectivity index (χ0) is 6.62. The fourth-order valence-electron chi connectivity index (χ4n) is 0.307. The van der Waals surface area contributed by atoms with E-state index in [9.17, 15) is 0 Å². The van der Waals surface area contributed by atoms with Gasteiger partial charge in [0.2, 0.25) is 0 Å². The molecule has 0 aromatic rings. The highest BCUT2D eigenvalue weighted by Crippen LogP contribution is 2.01. The summed E-state index contributed by atoms with van der Waals surface area (Å²) in [5, 5.41) is 17.3. The molecule has 0 aliphatic carbocycles. The molecule has 0 aromatic heterocycles. The van der Waals surface area contributed by atoms with Gasteiger partial charge in [-0.1, -0.05) is 12.2 Å². The third-order valence-electron chi connectivity index (χ3n) is 0.797. The van der Waals surface area contributed by atoms with E-state index in [1.54, 1.807) is 0 Å². The summed E-state index contributed by atoms with van der Waals surface area (Å²) in [4.78, 5) is 0. The van der Waals surface area contributed by atoms with Gasteiger partial charge in [0, 0.05) is 0 Å². The Morgan fingerprint density at radius 1 is 1.75 bits per heavy atom. The maximum atomic E-state index is 8.95. The van der Waals surface area contributed by atoms with Crippen molar-refractivity contribution in [1.29, 1.82) is 0 Å². The van der Waals surface area contributed by atoms with E-state index in [1.807, 2.05) is 0 Å². The van der Waals surface area contributed by atoms with Crippen molar-refractivity contribution >= 4 is 0 Å². The molecule has 1 atom stereocenters. The Kier molecular flexibility index (Phi) is 2.72. The molecule has 0 heterocycles.